The Bertz CT molecular complexity index is 713. The number of benzene rings is 1. The number of rotatable bonds is 3. The summed E-state index contributed by atoms with van der Waals surface area (Å²) in [5, 5.41) is 3.02. The van der Waals surface area contributed by atoms with Crippen LogP contribution in [-0.2, 0) is 0 Å². The summed E-state index contributed by atoms with van der Waals surface area (Å²) in [5.74, 6) is 0.595. The number of aromatic nitrogens is 2. The molecule has 1 aromatic carbocycles. The Morgan fingerprint density at radius 3 is 2.70 bits per heavy atom. The number of hydrogen-bond donors (Lipinski definition) is 1. The van der Waals surface area contributed by atoms with E-state index in [0.29, 0.717) is 23.0 Å². The maximum Gasteiger partial charge on any atom is 0.272 e. The molecule has 120 valence electrons. The number of amides is 1. The monoisotopic (exact) mass is 314 g/mol. The summed E-state index contributed by atoms with van der Waals surface area (Å²) in [5.41, 5.74) is 0.956. The van der Waals surface area contributed by atoms with E-state index in [1.54, 1.807) is 25.1 Å². The fourth-order valence-electron chi connectivity index (χ4n) is 2.71. The third-order valence-corrected chi connectivity index (χ3v) is 3.80. The number of nitrogens with zero attached hydrogens (tertiary/aromatic N) is 3. The van der Waals surface area contributed by atoms with E-state index in [2.05, 4.69) is 15.3 Å². The number of hydrogen-bond acceptors (Lipinski definition) is 4. The third-order valence-electron chi connectivity index (χ3n) is 3.80. The molecule has 1 aliphatic heterocycles. The Morgan fingerprint density at radius 1 is 1.17 bits per heavy atom. The van der Waals surface area contributed by atoms with Crippen LogP contribution in [-0.4, -0.2) is 33.9 Å². The van der Waals surface area contributed by atoms with E-state index >= 15 is 0 Å². The van der Waals surface area contributed by atoms with Crippen molar-refractivity contribution in [2.45, 2.75) is 26.2 Å². The van der Waals surface area contributed by atoms with E-state index in [9.17, 15) is 9.18 Å². The molecule has 0 spiro atoms. The first-order valence-electron chi connectivity index (χ1n) is 7.79. The number of anilines is 2. The Hall–Kier alpha value is -2.50. The summed E-state index contributed by atoms with van der Waals surface area (Å²) in [6, 6.07) is 7.73. The Labute approximate surface area is 134 Å². The van der Waals surface area contributed by atoms with Gasteiger partial charge in [-0.05, 0) is 44.4 Å². The normalized spacial score (nSPS) is 14.6. The zero-order valence-corrected chi connectivity index (χ0v) is 13.1. The number of nitrogens with one attached hydrogen (secondary N) is 1. The highest BCUT2D eigenvalue weighted by Crippen LogP contribution is 2.18. The third kappa shape index (κ3) is 3.83. The highest BCUT2D eigenvalue weighted by atomic mass is 19.1. The average Bonchev–Trinajstić information content (AvgIpc) is 2.54. The van der Waals surface area contributed by atoms with E-state index in [1.165, 1.54) is 18.6 Å². The number of halogens is 1. The molecule has 0 aliphatic carbocycles. The molecule has 6 heteroatoms. The van der Waals surface area contributed by atoms with Crippen molar-refractivity contribution >= 4 is 17.4 Å². The Kier molecular flexibility index (Phi) is 4.50. The van der Waals surface area contributed by atoms with Crippen molar-refractivity contribution < 1.29 is 9.18 Å². The van der Waals surface area contributed by atoms with Gasteiger partial charge in [0.05, 0.1) is 0 Å². The molecule has 0 bridgehead atoms. The smallest absolute Gasteiger partial charge is 0.272 e. The van der Waals surface area contributed by atoms with Crippen molar-refractivity contribution in [3.05, 3.63) is 47.7 Å². The summed E-state index contributed by atoms with van der Waals surface area (Å²) in [6.07, 6.45) is 3.23. The first-order valence-corrected chi connectivity index (χ1v) is 7.79. The minimum atomic E-state index is -0.328. The molecule has 2 aromatic rings. The number of carbonyl (C=O) groups excluding carboxylic acids is 1. The molecule has 0 radical (unpaired) electrons. The lowest BCUT2D eigenvalue weighted by atomic mass is 10.1. The molecule has 2 heterocycles. The van der Waals surface area contributed by atoms with Crippen LogP contribution < -0.4 is 5.32 Å². The van der Waals surface area contributed by atoms with Crippen molar-refractivity contribution in [3.8, 4) is 0 Å². The molecule has 1 fully saturated rings. The number of aryl methyl sites for hydroxylation is 1. The van der Waals surface area contributed by atoms with E-state index in [0.717, 1.165) is 25.9 Å². The lowest BCUT2D eigenvalue weighted by Crippen LogP contribution is -2.36. The molecular formula is C17H19FN4O. The second-order valence-electron chi connectivity index (χ2n) is 5.67. The second kappa shape index (κ2) is 6.73. The van der Waals surface area contributed by atoms with Gasteiger partial charge in [-0.2, -0.15) is 0 Å². The number of likely N-dealkylation sites (tertiary alicyclic amines) is 1. The molecule has 1 aliphatic rings. The first kappa shape index (κ1) is 15.4. The van der Waals surface area contributed by atoms with Crippen molar-refractivity contribution in [2.75, 3.05) is 18.4 Å². The van der Waals surface area contributed by atoms with Crippen LogP contribution in [0.1, 0.15) is 35.6 Å². The predicted octanol–water partition coefficient (Wildman–Crippen LogP) is 3.29. The average molecular weight is 314 g/mol. The molecule has 0 saturated carbocycles. The van der Waals surface area contributed by atoms with Gasteiger partial charge in [-0.15, -0.1) is 0 Å². The fourth-order valence-corrected chi connectivity index (χ4v) is 2.71. The highest BCUT2D eigenvalue weighted by molar-refractivity contribution is 5.93. The highest BCUT2D eigenvalue weighted by Gasteiger charge is 2.20. The summed E-state index contributed by atoms with van der Waals surface area (Å²) in [6.45, 7) is 3.28. The number of piperidine rings is 1. The largest absolute Gasteiger partial charge is 0.340 e. The molecule has 1 amide bonds. The van der Waals surface area contributed by atoms with E-state index < -0.39 is 0 Å². The maximum absolute atomic E-state index is 13.3. The standard InChI is InChI=1S/C17H19FN4O/c1-12-19-15(17(23)22-8-3-2-4-9-22)11-16(20-12)21-14-7-5-6-13(18)10-14/h5-7,10-11H,2-4,8-9H2,1H3,(H,19,20,21). The van der Waals surface area contributed by atoms with Crippen LogP contribution in [0, 0.1) is 12.7 Å². The van der Waals surface area contributed by atoms with Gasteiger partial charge >= 0.3 is 0 Å². The quantitative estimate of drug-likeness (QED) is 0.944. The molecular weight excluding hydrogens is 295 g/mol. The van der Waals surface area contributed by atoms with Gasteiger partial charge in [-0.1, -0.05) is 6.07 Å². The van der Waals surface area contributed by atoms with E-state index in [1.807, 2.05) is 4.90 Å². The zero-order valence-electron chi connectivity index (χ0n) is 13.1. The molecule has 1 saturated heterocycles. The summed E-state index contributed by atoms with van der Waals surface area (Å²) < 4.78 is 13.3. The van der Waals surface area contributed by atoms with Gasteiger partial charge in [0, 0.05) is 24.8 Å². The van der Waals surface area contributed by atoms with E-state index in [-0.39, 0.29) is 11.7 Å². The lowest BCUT2D eigenvalue weighted by molar-refractivity contribution is 0.0718. The van der Waals surface area contributed by atoms with Gasteiger partial charge in [-0.3, -0.25) is 4.79 Å². The van der Waals surface area contributed by atoms with Crippen LogP contribution in [0.2, 0.25) is 0 Å². The minimum absolute atomic E-state index is 0.0718. The molecule has 5 nitrogen and oxygen atoms in total. The summed E-state index contributed by atoms with van der Waals surface area (Å²) in [4.78, 5) is 22.9. The molecule has 1 N–H and O–H groups in total. The minimum Gasteiger partial charge on any atom is -0.340 e. The second-order valence-corrected chi connectivity index (χ2v) is 5.67. The van der Waals surface area contributed by atoms with Gasteiger partial charge < -0.3 is 10.2 Å². The molecule has 1 aromatic heterocycles. The van der Waals surface area contributed by atoms with Crippen LogP contribution in [0.4, 0.5) is 15.9 Å². The fraction of sp³-hybridized carbons (Fsp3) is 0.353. The topological polar surface area (TPSA) is 58.1 Å². The maximum atomic E-state index is 13.3. The van der Waals surface area contributed by atoms with Crippen LogP contribution in [0.3, 0.4) is 0 Å². The Morgan fingerprint density at radius 2 is 1.96 bits per heavy atom. The molecule has 23 heavy (non-hydrogen) atoms. The van der Waals surface area contributed by atoms with Crippen LogP contribution >= 0.6 is 0 Å². The SMILES string of the molecule is Cc1nc(Nc2cccc(F)c2)cc(C(=O)N2CCCCC2)n1. The predicted molar refractivity (Wildman–Crippen MR) is 86.2 cm³/mol. The van der Waals surface area contributed by atoms with Gasteiger partial charge in [0.2, 0.25) is 0 Å². The van der Waals surface area contributed by atoms with Crippen molar-refractivity contribution in [2.24, 2.45) is 0 Å². The lowest BCUT2D eigenvalue weighted by Gasteiger charge is -2.26. The zero-order chi connectivity index (χ0) is 16.2. The van der Waals surface area contributed by atoms with Gasteiger partial charge in [-0.25, -0.2) is 14.4 Å². The number of carbonyl (C=O) groups is 1. The van der Waals surface area contributed by atoms with E-state index in [4.69, 9.17) is 0 Å². The van der Waals surface area contributed by atoms with Crippen molar-refractivity contribution in [3.63, 3.8) is 0 Å². The van der Waals surface area contributed by atoms with Gasteiger partial charge in [0.1, 0.15) is 23.2 Å². The van der Waals surface area contributed by atoms with Crippen LogP contribution in [0.5, 0.6) is 0 Å². The summed E-state index contributed by atoms with van der Waals surface area (Å²) >= 11 is 0. The van der Waals surface area contributed by atoms with Crippen molar-refractivity contribution in [1.29, 1.82) is 0 Å². The first-order chi connectivity index (χ1) is 11.1. The molecule has 0 unspecified atom stereocenters. The molecule has 0 atom stereocenters. The Balaban J connectivity index is 1.82. The molecule has 3 rings (SSSR count). The van der Waals surface area contributed by atoms with Crippen LogP contribution in [0.25, 0.3) is 0 Å². The van der Waals surface area contributed by atoms with Gasteiger partial charge in [0.15, 0.2) is 0 Å². The van der Waals surface area contributed by atoms with Crippen LogP contribution in [0.15, 0.2) is 30.3 Å². The summed E-state index contributed by atoms with van der Waals surface area (Å²) in [7, 11) is 0. The van der Waals surface area contributed by atoms with Gasteiger partial charge in [0.25, 0.3) is 5.91 Å². The van der Waals surface area contributed by atoms with Crippen molar-refractivity contribution in [1.82, 2.24) is 14.9 Å².